The maximum absolute atomic E-state index is 12.5. The highest BCUT2D eigenvalue weighted by Crippen LogP contribution is 2.29. The van der Waals surface area contributed by atoms with Gasteiger partial charge in [-0.2, -0.15) is 13.2 Å². The molecule has 112 valence electrons. The first-order valence-electron chi connectivity index (χ1n) is 5.76. The Balaban J connectivity index is 4.85. The minimum absolute atomic E-state index is 0.163. The number of allylic oxidation sites excluding steroid dienone is 3. The average Bonchev–Trinajstić information content (AvgIpc) is 2.31. The molecule has 0 saturated carbocycles. The number of hydrogen-bond donors (Lipinski definition) is 1. The first kappa shape index (κ1) is 18.5. The van der Waals surface area contributed by atoms with Crippen LogP contribution in [0.4, 0.5) is 13.2 Å². The Labute approximate surface area is 120 Å². The maximum atomic E-state index is 12.5. The van der Waals surface area contributed by atoms with Crippen LogP contribution < -0.4 is 5.32 Å². The van der Waals surface area contributed by atoms with Gasteiger partial charge >= 0.3 is 6.18 Å². The summed E-state index contributed by atoms with van der Waals surface area (Å²) in [6, 6.07) is 0. The zero-order valence-electron chi connectivity index (χ0n) is 11.4. The van der Waals surface area contributed by atoms with E-state index in [1.165, 1.54) is 6.92 Å². The third-order valence-corrected chi connectivity index (χ3v) is 2.82. The van der Waals surface area contributed by atoms with Crippen molar-refractivity contribution >= 4 is 22.7 Å². The monoisotopic (exact) mass is 306 g/mol. The second-order valence-corrected chi connectivity index (χ2v) is 4.85. The van der Waals surface area contributed by atoms with Crippen LogP contribution >= 0.6 is 11.8 Å². The molecule has 0 fully saturated rings. The number of thioether (sulfide) groups is 1. The Kier molecular flexibility index (Phi) is 7.98. The fraction of sp³-hybridized carbons (Fsp3) is 0.385. The molecule has 7 heteroatoms. The van der Waals surface area contributed by atoms with Crippen LogP contribution in [0, 0.1) is 0 Å². The number of nitrogens with one attached hydrogen (secondary N) is 1. The molecular formula is C13H17F3N2OS. The van der Waals surface area contributed by atoms with E-state index < -0.39 is 11.7 Å². The molecule has 0 bridgehead atoms. The molecule has 0 aromatic rings. The van der Waals surface area contributed by atoms with Gasteiger partial charge in [-0.3, -0.25) is 9.79 Å². The van der Waals surface area contributed by atoms with Crippen LogP contribution in [0.2, 0.25) is 0 Å². The molecular weight excluding hydrogens is 289 g/mol. The molecule has 0 spiro atoms. The van der Waals surface area contributed by atoms with E-state index >= 15 is 0 Å². The van der Waals surface area contributed by atoms with Crippen molar-refractivity contribution in [2.45, 2.75) is 20.0 Å². The number of nitrogens with zero attached hydrogens (tertiary/aromatic N) is 1. The number of aliphatic imine (C=N–C) groups is 1. The number of carbonyl (C=O) groups excluding carboxylic acids is 1. The lowest BCUT2D eigenvalue weighted by Crippen LogP contribution is -2.25. The number of rotatable bonds is 6. The van der Waals surface area contributed by atoms with E-state index in [2.05, 4.69) is 23.5 Å². The SMILES string of the molecule is C=C/C(=C\C(=C)S/C(CNC(C)=O)=N\CC)C(F)(F)F. The third kappa shape index (κ3) is 7.83. The Morgan fingerprint density at radius 1 is 1.45 bits per heavy atom. The lowest BCUT2D eigenvalue weighted by atomic mass is 10.2. The van der Waals surface area contributed by atoms with Crippen LogP contribution in [-0.2, 0) is 4.79 Å². The summed E-state index contributed by atoms with van der Waals surface area (Å²) in [7, 11) is 0. The zero-order valence-corrected chi connectivity index (χ0v) is 12.2. The van der Waals surface area contributed by atoms with E-state index in [9.17, 15) is 18.0 Å². The first-order valence-corrected chi connectivity index (χ1v) is 6.58. The molecule has 1 N–H and O–H groups in total. The van der Waals surface area contributed by atoms with Gasteiger partial charge in [-0.05, 0) is 13.0 Å². The van der Waals surface area contributed by atoms with Gasteiger partial charge in [-0.25, -0.2) is 0 Å². The van der Waals surface area contributed by atoms with Gasteiger partial charge < -0.3 is 5.32 Å². The summed E-state index contributed by atoms with van der Waals surface area (Å²) in [6.07, 6.45) is -2.84. The second kappa shape index (κ2) is 8.63. The van der Waals surface area contributed by atoms with Crippen LogP contribution in [0.3, 0.4) is 0 Å². The highest BCUT2D eigenvalue weighted by molar-refractivity contribution is 8.17. The summed E-state index contributed by atoms with van der Waals surface area (Å²) >= 11 is 0.988. The minimum Gasteiger partial charge on any atom is -0.350 e. The number of carbonyl (C=O) groups is 1. The maximum Gasteiger partial charge on any atom is 0.416 e. The van der Waals surface area contributed by atoms with Gasteiger partial charge in [0.15, 0.2) is 0 Å². The molecule has 0 radical (unpaired) electrons. The molecule has 0 atom stereocenters. The summed E-state index contributed by atoms with van der Waals surface area (Å²) in [6.45, 7) is 10.4. The summed E-state index contributed by atoms with van der Waals surface area (Å²) in [5.41, 5.74) is -0.870. The van der Waals surface area contributed by atoms with Crippen molar-refractivity contribution in [2.24, 2.45) is 4.99 Å². The van der Waals surface area contributed by atoms with E-state index in [0.717, 1.165) is 23.9 Å². The average molecular weight is 306 g/mol. The lowest BCUT2D eigenvalue weighted by Gasteiger charge is -2.10. The number of halogens is 3. The molecule has 0 aromatic carbocycles. The van der Waals surface area contributed by atoms with Gasteiger partial charge in [0.25, 0.3) is 0 Å². The van der Waals surface area contributed by atoms with E-state index in [1.807, 2.05) is 0 Å². The zero-order chi connectivity index (χ0) is 15.8. The van der Waals surface area contributed by atoms with Crippen LogP contribution in [0.25, 0.3) is 0 Å². The predicted octanol–water partition coefficient (Wildman–Crippen LogP) is 3.46. The topological polar surface area (TPSA) is 41.5 Å². The number of alkyl halides is 3. The standard InChI is InChI=1S/C13H17F3N2OS/c1-5-11(13(14,15)16)7-9(3)20-12(17-6-2)8-18-10(4)19/h5,7H,1,3,6,8H2,2,4H3,(H,18,19)/b11-7+,17-12-. The fourth-order valence-electron chi connectivity index (χ4n) is 1.11. The van der Waals surface area contributed by atoms with Crippen molar-refractivity contribution in [1.29, 1.82) is 0 Å². The van der Waals surface area contributed by atoms with Gasteiger partial charge in [0, 0.05) is 18.4 Å². The fourth-order valence-corrected chi connectivity index (χ4v) is 1.94. The first-order chi connectivity index (χ1) is 9.20. The van der Waals surface area contributed by atoms with Crippen LogP contribution in [0.5, 0.6) is 0 Å². The third-order valence-electron chi connectivity index (χ3n) is 1.94. The molecule has 0 rings (SSSR count). The predicted molar refractivity (Wildman–Crippen MR) is 77.7 cm³/mol. The quantitative estimate of drug-likeness (QED) is 0.464. The Morgan fingerprint density at radius 2 is 2.05 bits per heavy atom. The van der Waals surface area contributed by atoms with Crippen molar-refractivity contribution in [2.75, 3.05) is 13.1 Å². The summed E-state index contributed by atoms with van der Waals surface area (Å²) in [5, 5.41) is 3.03. The normalized spacial score (nSPS) is 13.1. The van der Waals surface area contributed by atoms with E-state index in [1.54, 1.807) is 6.92 Å². The number of hydrogen-bond acceptors (Lipinski definition) is 3. The van der Waals surface area contributed by atoms with Crippen molar-refractivity contribution in [3.63, 3.8) is 0 Å². The largest absolute Gasteiger partial charge is 0.416 e. The van der Waals surface area contributed by atoms with Crippen LogP contribution in [0.1, 0.15) is 13.8 Å². The molecule has 0 unspecified atom stereocenters. The van der Waals surface area contributed by atoms with Crippen molar-refractivity contribution in [3.8, 4) is 0 Å². The Morgan fingerprint density at radius 3 is 2.45 bits per heavy atom. The number of amides is 1. The Bertz CT molecular complexity index is 439. The van der Waals surface area contributed by atoms with Crippen molar-refractivity contribution < 1.29 is 18.0 Å². The molecule has 1 amide bonds. The highest BCUT2D eigenvalue weighted by atomic mass is 32.2. The molecule has 0 heterocycles. The van der Waals surface area contributed by atoms with Gasteiger partial charge in [-0.15, -0.1) is 0 Å². The minimum atomic E-state index is -4.47. The second-order valence-electron chi connectivity index (χ2n) is 3.65. The van der Waals surface area contributed by atoms with E-state index in [0.29, 0.717) is 11.6 Å². The smallest absolute Gasteiger partial charge is 0.350 e. The van der Waals surface area contributed by atoms with Crippen LogP contribution in [-0.4, -0.2) is 30.2 Å². The van der Waals surface area contributed by atoms with Gasteiger partial charge in [0.05, 0.1) is 17.2 Å². The van der Waals surface area contributed by atoms with Crippen molar-refractivity contribution in [3.05, 3.63) is 35.8 Å². The van der Waals surface area contributed by atoms with Gasteiger partial charge in [-0.1, -0.05) is 31.0 Å². The lowest BCUT2D eigenvalue weighted by molar-refractivity contribution is -0.118. The molecule has 0 aliphatic carbocycles. The summed E-state index contributed by atoms with van der Waals surface area (Å²) in [4.78, 5) is 15.1. The Hall–Kier alpha value is -1.50. The van der Waals surface area contributed by atoms with E-state index in [4.69, 9.17) is 0 Å². The molecule has 20 heavy (non-hydrogen) atoms. The molecule has 0 saturated heterocycles. The molecule has 3 nitrogen and oxygen atoms in total. The van der Waals surface area contributed by atoms with Gasteiger partial charge in [0.2, 0.25) is 5.91 Å². The molecule has 0 aromatic heterocycles. The summed E-state index contributed by atoms with van der Waals surface area (Å²) < 4.78 is 37.6. The summed E-state index contributed by atoms with van der Waals surface area (Å²) in [5.74, 6) is -0.238. The molecule has 0 aliphatic heterocycles. The van der Waals surface area contributed by atoms with Gasteiger partial charge in [0.1, 0.15) is 0 Å². The molecule has 0 aliphatic rings. The van der Waals surface area contributed by atoms with Crippen LogP contribution in [0.15, 0.2) is 40.8 Å². The highest BCUT2D eigenvalue weighted by Gasteiger charge is 2.31. The van der Waals surface area contributed by atoms with Crippen molar-refractivity contribution in [1.82, 2.24) is 5.32 Å². The van der Waals surface area contributed by atoms with E-state index in [-0.39, 0.29) is 17.4 Å².